The van der Waals surface area contributed by atoms with Crippen molar-refractivity contribution in [2.24, 2.45) is 17.6 Å². The molecule has 2 aromatic rings. The molecule has 2 aromatic carbocycles. The monoisotopic (exact) mass is 630 g/mol. The van der Waals surface area contributed by atoms with Crippen LogP contribution in [-0.2, 0) is 20.6 Å². The Balaban J connectivity index is 2.00. The van der Waals surface area contributed by atoms with E-state index in [2.05, 4.69) is 10.6 Å². The topological polar surface area (TPSA) is 105 Å². The molecule has 7 nitrogen and oxygen atoms in total. The number of halogens is 10. The van der Waals surface area contributed by atoms with E-state index in [0.29, 0.717) is 6.07 Å². The van der Waals surface area contributed by atoms with Crippen molar-refractivity contribution in [1.82, 2.24) is 5.32 Å². The molecule has 0 aromatic heterocycles. The number of hydrogen-bond donors (Lipinski definition) is 3. The Morgan fingerprint density at radius 1 is 0.930 bits per heavy atom. The number of fused-ring (bicyclic) bond motifs is 1. The first-order valence-electron chi connectivity index (χ1n) is 12.5. The summed E-state index contributed by atoms with van der Waals surface area (Å²) >= 11 is 0. The Morgan fingerprint density at radius 3 is 2.09 bits per heavy atom. The number of carbonyl (C=O) groups excluding carboxylic acids is 3. The van der Waals surface area contributed by atoms with Gasteiger partial charge in [-0.05, 0) is 49.2 Å². The number of alkyl halides is 9. The van der Waals surface area contributed by atoms with Gasteiger partial charge in [0.25, 0.3) is 0 Å². The molecule has 2 unspecified atom stereocenters. The zero-order valence-electron chi connectivity index (χ0n) is 21.8. The zero-order chi connectivity index (χ0) is 32.3. The van der Waals surface area contributed by atoms with Crippen LogP contribution < -0.4 is 21.3 Å². The summed E-state index contributed by atoms with van der Waals surface area (Å²) in [6.45, 7) is -0.646. The third-order valence-corrected chi connectivity index (χ3v) is 6.66. The molecule has 3 rings (SSSR count). The fourth-order valence-electron chi connectivity index (χ4n) is 4.61. The van der Waals surface area contributed by atoms with Crippen LogP contribution in [0.5, 0.6) is 0 Å². The van der Waals surface area contributed by atoms with E-state index < -0.39 is 97.7 Å². The van der Waals surface area contributed by atoms with Crippen molar-refractivity contribution in [3.05, 3.63) is 53.8 Å². The third kappa shape index (κ3) is 9.22. The van der Waals surface area contributed by atoms with Gasteiger partial charge in [-0.15, -0.1) is 0 Å². The third-order valence-electron chi connectivity index (χ3n) is 6.66. The van der Waals surface area contributed by atoms with Gasteiger partial charge in [0.2, 0.25) is 17.7 Å². The lowest BCUT2D eigenvalue weighted by Crippen LogP contribution is -2.52. The van der Waals surface area contributed by atoms with Gasteiger partial charge in [-0.1, -0.05) is 6.07 Å². The van der Waals surface area contributed by atoms with E-state index in [4.69, 9.17) is 5.73 Å². The van der Waals surface area contributed by atoms with Crippen molar-refractivity contribution in [2.75, 3.05) is 16.8 Å². The molecule has 0 bridgehead atoms. The molecule has 0 radical (unpaired) electrons. The number of primary amides is 1. The Kier molecular flexibility index (Phi) is 9.86. The number of rotatable bonds is 9. The largest absolute Gasteiger partial charge is 0.416 e. The van der Waals surface area contributed by atoms with E-state index in [1.165, 1.54) is 6.07 Å². The molecular formula is C26H24F10N4O3. The minimum Gasteiger partial charge on any atom is -0.369 e. The molecule has 1 heterocycles. The average Bonchev–Trinajstić information content (AvgIpc) is 2.99. The first-order valence-corrected chi connectivity index (χ1v) is 12.5. The molecule has 236 valence electrons. The molecule has 0 aliphatic carbocycles. The molecule has 1 aliphatic rings. The minimum atomic E-state index is -4.88. The molecule has 0 spiro atoms. The van der Waals surface area contributed by atoms with Crippen LogP contribution in [0, 0.1) is 17.7 Å². The van der Waals surface area contributed by atoms with Gasteiger partial charge >= 0.3 is 18.5 Å². The highest BCUT2D eigenvalue weighted by molar-refractivity contribution is 6.03. The van der Waals surface area contributed by atoms with Crippen LogP contribution in [0.1, 0.15) is 31.2 Å². The summed E-state index contributed by atoms with van der Waals surface area (Å²) < 4.78 is 132. The highest BCUT2D eigenvalue weighted by Crippen LogP contribution is 2.38. The van der Waals surface area contributed by atoms with Gasteiger partial charge in [0.05, 0.1) is 23.5 Å². The van der Waals surface area contributed by atoms with Crippen LogP contribution in [0.3, 0.4) is 0 Å². The van der Waals surface area contributed by atoms with Crippen LogP contribution in [0.15, 0.2) is 42.5 Å². The van der Waals surface area contributed by atoms with E-state index >= 15 is 0 Å². The first-order chi connectivity index (χ1) is 19.7. The maximum atomic E-state index is 14.0. The number of hydrogen-bond acceptors (Lipinski definition) is 4. The molecule has 43 heavy (non-hydrogen) atoms. The molecule has 3 amide bonds. The van der Waals surface area contributed by atoms with Crippen LogP contribution in [0.2, 0.25) is 0 Å². The Hall–Kier alpha value is -4.05. The molecule has 3 atom stereocenters. The van der Waals surface area contributed by atoms with Gasteiger partial charge in [0.15, 0.2) is 0 Å². The van der Waals surface area contributed by atoms with E-state index in [-0.39, 0.29) is 17.1 Å². The molecule has 17 heteroatoms. The average molecular weight is 630 g/mol. The minimum absolute atomic E-state index is 0.0142. The zero-order valence-corrected chi connectivity index (χ0v) is 21.8. The first kappa shape index (κ1) is 33.5. The molecule has 1 aliphatic heterocycles. The predicted molar refractivity (Wildman–Crippen MR) is 132 cm³/mol. The van der Waals surface area contributed by atoms with E-state index in [1.807, 2.05) is 0 Å². The summed E-state index contributed by atoms with van der Waals surface area (Å²) in [7, 11) is 0. The smallest absolute Gasteiger partial charge is 0.369 e. The molecule has 0 saturated carbocycles. The Labute approximate surface area is 237 Å². The maximum Gasteiger partial charge on any atom is 0.416 e. The quantitative estimate of drug-likeness (QED) is 0.304. The van der Waals surface area contributed by atoms with Crippen molar-refractivity contribution in [3.63, 3.8) is 0 Å². The van der Waals surface area contributed by atoms with Crippen molar-refractivity contribution < 1.29 is 58.3 Å². The summed E-state index contributed by atoms with van der Waals surface area (Å²) in [4.78, 5) is 39.4. The standard InChI is InChI=1S/C26H24F10N4O3/c27-14-4-5-20-18(11-14)38-23(43)19(12-40(20)15-3-1-2-13(10-15)26(34,35)36)39-22(42)17(7-9-25(31,32)33)16(21(37)41)6-8-24(28,29)30/h1-5,10-11,16-17,19H,6-9,12H2,(H2,37,41)(H,38,43)(H,39,42)/t16?,17?,19-/m0/s1. The van der Waals surface area contributed by atoms with E-state index in [0.717, 1.165) is 35.2 Å². The van der Waals surface area contributed by atoms with E-state index in [1.54, 1.807) is 0 Å². The number of nitrogens with one attached hydrogen (secondary N) is 2. The second kappa shape index (κ2) is 12.7. The SMILES string of the molecule is NC(=O)C(CCC(F)(F)F)C(CCC(F)(F)F)C(=O)N[C@H]1CN(c2cccc(C(F)(F)F)c2)c2ccc(F)cc2NC1=O. The Morgan fingerprint density at radius 2 is 1.53 bits per heavy atom. The van der Waals surface area contributed by atoms with Gasteiger partial charge < -0.3 is 21.3 Å². The number of amides is 3. The second-order valence-electron chi connectivity index (χ2n) is 9.79. The lowest BCUT2D eigenvalue weighted by molar-refractivity contribution is -0.152. The number of nitrogens with zero attached hydrogens (tertiary/aromatic N) is 1. The van der Waals surface area contributed by atoms with Gasteiger partial charge in [-0.2, -0.15) is 39.5 Å². The van der Waals surface area contributed by atoms with Crippen LogP contribution >= 0.6 is 0 Å². The van der Waals surface area contributed by atoms with Crippen LogP contribution in [0.25, 0.3) is 0 Å². The van der Waals surface area contributed by atoms with Crippen molar-refractivity contribution >= 4 is 34.8 Å². The van der Waals surface area contributed by atoms with Gasteiger partial charge in [0.1, 0.15) is 11.9 Å². The van der Waals surface area contributed by atoms with Crippen molar-refractivity contribution in [1.29, 1.82) is 0 Å². The summed E-state index contributed by atoms with van der Waals surface area (Å²) in [5.74, 6) is -8.90. The lowest BCUT2D eigenvalue weighted by Gasteiger charge is -2.30. The fourth-order valence-corrected chi connectivity index (χ4v) is 4.61. The number of nitrogens with two attached hydrogens (primary N) is 1. The fraction of sp³-hybridized carbons (Fsp3) is 0.423. The van der Waals surface area contributed by atoms with Crippen LogP contribution in [-0.4, -0.2) is 42.7 Å². The Bertz CT molecular complexity index is 1340. The van der Waals surface area contributed by atoms with Gasteiger partial charge in [-0.3, -0.25) is 14.4 Å². The highest BCUT2D eigenvalue weighted by atomic mass is 19.4. The van der Waals surface area contributed by atoms with Gasteiger partial charge in [0, 0.05) is 30.4 Å². The second-order valence-corrected chi connectivity index (χ2v) is 9.79. The summed E-state index contributed by atoms with van der Waals surface area (Å²) in [5, 5.41) is 4.38. The summed E-state index contributed by atoms with van der Waals surface area (Å²) in [6.07, 6.45) is -20.1. The van der Waals surface area contributed by atoms with Gasteiger partial charge in [-0.25, -0.2) is 4.39 Å². The van der Waals surface area contributed by atoms with Crippen molar-refractivity contribution in [3.8, 4) is 0 Å². The highest BCUT2D eigenvalue weighted by Gasteiger charge is 2.41. The predicted octanol–water partition coefficient (Wildman–Crippen LogP) is 5.82. The number of benzene rings is 2. The summed E-state index contributed by atoms with van der Waals surface area (Å²) in [5.41, 5.74) is 3.65. The van der Waals surface area contributed by atoms with Crippen molar-refractivity contribution in [2.45, 2.75) is 50.3 Å². The normalized spacial score (nSPS) is 17.4. The van der Waals surface area contributed by atoms with E-state index in [9.17, 15) is 58.3 Å². The molecular weight excluding hydrogens is 606 g/mol. The molecule has 0 saturated heterocycles. The number of carbonyl (C=O) groups is 3. The number of anilines is 3. The maximum absolute atomic E-state index is 14.0. The lowest BCUT2D eigenvalue weighted by atomic mass is 9.83. The molecule has 4 N–H and O–H groups in total. The summed E-state index contributed by atoms with van der Waals surface area (Å²) in [6, 6.07) is 4.87. The molecule has 0 fully saturated rings. The van der Waals surface area contributed by atoms with Crippen LogP contribution in [0.4, 0.5) is 61.0 Å².